The molecule has 1 atom stereocenters. The van der Waals surface area contributed by atoms with Gasteiger partial charge in [0.2, 0.25) is 5.91 Å². The first kappa shape index (κ1) is 13.7. The zero-order chi connectivity index (χ0) is 14.0. The molecule has 1 unspecified atom stereocenters. The van der Waals surface area contributed by atoms with Gasteiger partial charge in [-0.2, -0.15) is 0 Å². The molecule has 0 bridgehead atoms. The molecule has 0 radical (unpaired) electrons. The third-order valence-electron chi connectivity index (χ3n) is 3.15. The predicted octanol–water partition coefficient (Wildman–Crippen LogP) is 1.31. The highest BCUT2D eigenvalue weighted by Gasteiger charge is 2.31. The van der Waals surface area contributed by atoms with Crippen molar-refractivity contribution in [2.45, 2.75) is 13.0 Å². The van der Waals surface area contributed by atoms with Crippen LogP contribution in [0.15, 0.2) is 18.2 Å². The number of hydrogen-bond donors (Lipinski definition) is 1. The number of methoxy groups -OCH3 is 1. The predicted molar refractivity (Wildman–Crippen MR) is 71.5 cm³/mol. The van der Waals surface area contributed by atoms with Gasteiger partial charge in [-0.15, -0.1) is 0 Å². The van der Waals surface area contributed by atoms with Crippen LogP contribution < -0.4 is 10.1 Å². The minimum Gasteiger partial charge on any atom is -0.496 e. The van der Waals surface area contributed by atoms with Gasteiger partial charge in [-0.05, 0) is 25.1 Å². The van der Waals surface area contributed by atoms with Crippen molar-refractivity contribution in [3.63, 3.8) is 0 Å². The van der Waals surface area contributed by atoms with E-state index in [0.29, 0.717) is 29.4 Å². The topological polar surface area (TPSA) is 58.6 Å². The Labute approximate surface area is 116 Å². The van der Waals surface area contributed by atoms with Gasteiger partial charge in [-0.3, -0.25) is 9.59 Å². The SMILES string of the molecule is COc1cc(Cl)ccc1C(=O)N1CCNC(=O)C1C. The fraction of sp³-hybridized carbons (Fsp3) is 0.385. The molecule has 19 heavy (non-hydrogen) atoms. The lowest BCUT2D eigenvalue weighted by Crippen LogP contribution is -2.55. The van der Waals surface area contributed by atoms with Crippen LogP contribution in [0.5, 0.6) is 5.75 Å². The monoisotopic (exact) mass is 282 g/mol. The Hall–Kier alpha value is -1.75. The zero-order valence-electron chi connectivity index (χ0n) is 10.8. The summed E-state index contributed by atoms with van der Waals surface area (Å²) in [5.41, 5.74) is 0.411. The Morgan fingerprint density at radius 3 is 2.95 bits per heavy atom. The summed E-state index contributed by atoms with van der Waals surface area (Å²) in [6, 6.07) is 4.35. The molecule has 1 N–H and O–H groups in total. The van der Waals surface area contributed by atoms with Gasteiger partial charge in [0, 0.05) is 18.1 Å². The molecule has 1 fully saturated rings. The fourth-order valence-corrected chi connectivity index (χ4v) is 2.22. The third-order valence-corrected chi connectivity index (χ3v) is 3.39. The van der Waals surface area contributed by atoms with Crippen LogP contribution in [0.25, 0.3) is 0 Å². The van der Waals surface area contributed by atoms with Crippen LogP contribution in [0, 0.1) is 0 Å². The summed E-state index contributed by atoms with van der Waals surface area (Å²) in [6.45, 7) is 2.65. The number of rotatable bonds is 2. The van der Waals surface area contributed by atoms with E-state index in [4.69, 9.17) is 16.3 Å². The van der Waals surface area contributed by atoms with Crippen LogP contribution in [0.1, 0.15) is 17.3 Å². The standard InChI is InChI=1S/C13H15ClN2O3/c1-8-12(17)15-5-6-16(8)13(18)10-4-3-9(14)7-11(10)19-2/h3-4,7-8H,5-6H2,1-2H3,(H,15,17). The molecule has 0 aromatic heterocycles. The highest BCUT2D eigenvalue weighted by atomic mass is 35.5. The van der Waals surface area contributed by atoms with Crippen LogP contribution in [-0.2, 0) is 4.79 Å². The zero-order valence-corrected chi connectivity index (χ0v) is 11.5. The van der Waals surface area contributed by atoms with Gasteiger partial charge in [0.1, 0.15) is 11.8 Å². The highest BCUT2D eigenvalue weighted by Crippen LogP contribution is 2.25. The van der Waals surface area contributed by atoms with Crippen molar-refractivity contribution in [1.29, 1.82) is 0 Å². The maximum Gasteiger partial charge on any atom is 0.258 e. The van der Waals surface area contributed by atoms with Gasteiger partial charge in [-0.1, -0.05) is 11.6 Å². The van der Waals surface area contributed by atoms with Crippen molar-refractivity contribution in [2.24, 2.45) is 0 Å². The Morgan fingerprint density at radius 2 is 2.26 bits per heavy atom. The first-order valence-electron chi connectivity index (χ1n) is 5.97. The van der Waals surface area contributed by atoms with Crippen LogP contribution in [0.2, 0.25) is 5.02 Å². The van der Waals surface area contributed by atoms with Crippen LogP contribution in [0.3, 0.4) is 0 Å². The summed E-state index contributed by atoms with van der Waals surface area (Å²) in [5, 5.41) is 3.22. The second kappa shape index (κ2) is 5.48. The summed E-state index contributed by atoms with van der Waals surface area (Å²) < 4.78 is 5.17. The Balaban J connectivity index is 2.31. The molecule has 6 heteroatoms. The summed E-state index contributed by atoms with van der Waals surface area (Å²) in [7, 11) is 1.48. The molecule has 0 spiro atoms. The lowest BCUT2D eigenvalue weighted by Gasteiger charge is -2.33. The number of ether oxygens (including phenoxy) is 1. The molecule has 1 heterocycles. The Morgan fingerprint density at radius 1 is 1.53 bits per heavy atom. The van der Waals surface area contributed by atoms with Gasteiger partial charge < -0.3 is 15.0 Å². The van der Waals surface area contributed by atoms with Crippen molar-refractivity contribution in [3.8, 4) is 5.75 Å². The number of benzene rings is 1. The van der Waals surface area contributed by atoms with E-state index in [1.807, 2.05) is 0 Å². The molecular weight excluding hydrogens is 268 g/mol. The maximum absolute atomic E-state index is 12.5. The largest absolute Gasteiger partial charge is 0.496 e. The number of carbonyl (C=O) groups excluding carboxylic acids is 2. The molecule has 0 aliphatic carbocycles. The number of halogens is 1. The van der Waals surface area contributed by atoms with Gasteiger partial charge in [0.15, 0.2) is 0 Å². The summed E-state index contributed by atoms with van der Waals surface area (Å²) >= 11 is 5.87. The van der Waals surface area contributed by atoms with Gasteiger partial charge in [0.25, 0.3) is 5.91 Å². The second-order valence-corrected chi connectivity index (χ2v) is 4.75. The van der Waals surface area contributed by atoms with Crippen LogP contribution >= 0.6 is 11.6 Å². The second-order valence-electron chi connectivity index (χ2n) is 4.31. The molecule has 102 valence electrons. The van der Waals surface area contributed by atoms with E-state index in [-0.39, 0.29) is 11.8 Å². The normalized spacial score (nSPS) is 19.0. The molecule has 2 amide bonds. The Kier molecular flexibility index (Phi) is 3.95. The van der Waals surface area contributed by atoms with E-state index in [0.717, 1.165) is 0 Å². The molecule has 2 rings (SSSR count). The van der Waals surface area contributed by atoms with Gasteiger partial charge in [0.05, 0.1) is 12.7 Å². The van der Waals surface area contributed by atoms with E-state index in [1.165, 1.54) is 12.0 Å². The van der Waals surface area contributed by atoms with Crippen molar-refractivity contribution >= 4 is 23.4 Å². The Bertz CT molecular complexity index is 519. The lowest BCUT2D eigenvalue weighted by molar-refractivity contribution is -0.127. The van der Waals surface area contributed by atoms with Crippen LogP contribution in [-0.4, -0.2) is 43.0 Å². The molecular formula is C13H15ClN2O3. The summed E-state index contributed by atoms with van der Waals surface area (Å²) in [4.78, 5) is 25.6. The van der Waals surface area contributed by atoms with Crippen molar-refractivity contribution in [3.05, 3.63) is 28.8 Å². The van der Waals surface area contributed by atoms with Crippen molar-refractivity contribution < 1.29 is 14.3 Å². The van der Waals surface area contributed by atoms with Crippen molar-refractivity contribution in [2.75, 3.05) is 20.2 Å². The van der Waals surface area contributed by atoms with Crippen molar-refractivity contribution in [1.82, 2.24) is 10.2 Å². The van der Waals surface area contributed by atoms with E-state index in [9.17, 15) is 9.59 Å². The number of nitrogens with one attached hydrogen (secondary N) is 1. The van der Waals surface area contributed by atoms with E-state index in [2.05, 4.69) is 5.32 Å². The maximum atomic E-state index is 12.5. The average Bonchev–Trinajstić information content (AvgIpc) is 2.41. The quantitative estimate of drug-likeness (QED) is 0.890. The molecule has 0 saturated carbocycles. The molecule has 1 saturated heterocycles. The summed E-state index contributed by atoms with van der Waals surface area (Å²) in [5.74, 6) is 0.0408. The fourth-order valence-electron chi connectivity index (χ4n) is 2.06. The van der Waals surface area contributed by atoms with Gasteiger partial charge >= 0.3 is 0 Å². The first-order valence-corrected chi connectivity index (χ1v) is 6.34. The number of carbonyl (C=O) groups is 2. The van der Waals surface area contributed by atoms with E-state index < -0.39 is 6.04 Å². The number of hydrogen-bond acceptors (Lipinski definition) is 3. The minimum absolute atomic E-state index is 0.146. The van der Waals surface area contributed by atoms with Gasteiger partial charge in [-0.25, -0.2) is 0 Å². The first-order chi connectivity index (χ1) is 9.04. The molecule has 1 aromatic carbocycles. The van der Waals surface area contributed by atoms with E-state index in [1.54, 1.807) is 25.1 Å². The summed E-state index contributed by atoms with van der Waals surface area (Å²) in [6.07, 6.45) is 0. The molecule has 1 aromatic rings. The molecule has 5 nitrogen and oxygen atoms in total. The smallest absolute Gasteiger partial charge is 0.258 e. The highest BCUT2D eigenvalue weighted by molar-refractivity contribution is 6.30. The molecule has 1 aliphatic heterocycles. The minimum atomic E-state index is -0.485. The van der Waals surface area contributed by atoms with Crippen LogP contribution in [0.4, 0.5) is 0 Å². The number of amides is 2. The number of nitrogens with zero attached hydrogens (tertiary/aromatic N) is 1. The average molecular weight is 283 g/mol. The number of piperazine rings is 1. The van der Waals surface area contributed by atoms with E-state index >= 15 is 0 Å². The molecule has 1 aliphatic rings. The third kappa shape index (κ3) is 2.66. The lowest BCUT2D eigenvalue weighted by atomic mass is 10.1.